The summed E-state index contributed by atoms with van der Waals surface area (Å²) in [6.07, 6.45) is 1.41. The molecule has 0 bridgehead atoms. The van der Waals surface area contributed by atoms with E-state index >= 15 is 0 Å². The number of hydrogen-bond acceptors (Lipinski definition) is 3. The quantitative estimate of drug-likeness (QED) is 0.461. The molecule has 1 rings (SSSR count). The van der Waals surface area contributed by atoms with Gasteiger partial charge in [0.25, 0.3) is 0 Å². The molecule has 0 N–H and O–H groups in total. The molecule has 1 aliphatic heterocycles. The van der Waals surface area contributed by atoms with Crippen molar-refractivity contribution in [3.05, 3.63) is 0 Å². The summed E-state index contributed by atoms with van der Waals surface area (Å²) in [5.74, 6) is 1.25. The highest BCUT2D eigenvalue weighted by Crippen LogP contribution is 1.87. The SMILES string of the molecule is SCC1=N[N]C=N1. The first kappa shape index (κ1) is 4.64. The van der Waals surface area contributed by atoms with E-state index < -0.39 is 0 Å². The third-order valence-corrected chi connectivity index (χ3v) is 0.856. The van der Waals surface area contributed by atoms with Gasteiger partial charge < -0.3 is 0 Å². The highest BCUT2D eigenvalue weighted by Gasteiger charge is 1.95. The summed E-state index contributed by atoms with van der Waals surface area (Å²) in [6, 6.07) is 0. The van der Waals surface area contributed by atoms with Crippen LogP contribution in [-0.2, 0) is 0 Å². The van der Waals surface area contributed by atoms with Gasteiger partial charge in [-0.1, -0.05) is 0 Å². The largest absolute Gasteiger partial charge is 0.217 e. The minimum Gasteiger partial charge on any atom is -0.217 e. The first-order valence-corrected chi connectivity index (χ1v) is 2.47. The lowest BCUT2D eigenvalue weighted by atomic mass is 10.7. The van der Waals surface area contributed by atoms with Crippen molar-refractivity contribution in [3.63, 3.8) is 0 Å². The maximum absolute atomic E-state index is 3.91. The number of thiol groups is 1. The zero-order valence-electron chi connectivity index (χ0n) is 3.57. The number of hydrogen-bond donors (Lipinski definition) is 1. The Morgan fingerprint density at radius 3 is 2.86 bits per heavy atom. The zero-order chi connectivity index (χ0) is 5.11. The number of amidine groups is 1. The molecular formula is C3H4N3S. The fourth-order valence-electron chi connectivity index (χ4n) is 0.283. The van der Waals surface area contributed by atoms with Gasteiger partial charge in [0.05, 0.1) is 5.75 Å². The Hall–Kier alpha value is -0.510. The Morgan fingerprint density at radius 2 is 2.57 bits per heavy atom. The Kier molecular flexibility index (Phi) is 1.31. The van der Waals surface area contributed by atoms with Gasteiger partial charge in [0.2, 0.25) is 0 Å². The third kappa shape index (κ3) is 0.928. The maximum Gasteiger partial charge on any atom is 0.162 e. The Morgan fingerprint density at radius 1 is 1.71 bits per heavy atom. The topological polar surface area (TPSA) is 38.8 Å². The predicted molar refractivity (Wildman–Crippen MR) is 31.9 cm³/mol. The van der Waals surface area contributed by atoms with Crippen LogP contribution >= 0.6 is 12.6 Å². The minimum atomic E-state index is 0.569. The van der Waals surface area contributed by atoms with Gasteiger partial charge in [-0.15, -0.1) is 10.5 Å². The van der Waals surface area contributed by atoms with Crippen LogP contribution in [0.2, 0.25) is 0 Å². The average Bonchev–Trinajstić information content (AvgIpc) is 2.14. The summed E-state index contributed by atoms with van der Waals surface area (Å²) in [4.78, 5) is 3.74. The molecule has 0 amide bonds. The van der Waals surface area contributed by atoms with Crippen LogP contribution in [0.25, 0.3) is 0 Å². The first-order chi connectivity index (χ1) is 3.43. The summed E-state index contributed by atoms with van der Waals surface area (Å²) in [6.45, 7) is 0. The van der Waals surface area contributed by atoms with Crippen LogP contribution in [0.5, 0.6) is 0 Å². The van der Waals surface area contributed by atoms with E-state index in [9.17, 15) is 0 Å². The van der Waals surface area contributed by atoms with Crippen molar-refractivity contribution in [1.82, 2.24) is 5.43 Å². The normalized spacial score (nSPS) is 16.4. The number of nitrogens with zero attached hydrogens (tertiary/aromatic N) is 3. The van der Waals surface area contributed by atoms with Crippen molar-refractivity contribution < 1.29 is 0 Å². The van der Waals surface area contributed by atoms with E-state index in [0.717, 1.165) is 0 Å². The van der Waals surface area contributed by atoms with Crippen LogP contribution in [0.3, 0.4) is 0 Å². The fourth-order valence-corrected chi connectivity index (χ4v) is 0.428. The van der Waals surface area contributed by atoms with Crippen LogP contribution in [0.4, 0.5) is 0 Å². The lowest BCUT2D eigenvalue weighted by Gasteiger charge is -1.78. The smallest absolute Gasteiger partial charge is 0.162 e. The molecule has 0 spiro atoms. The van der Waals surface area contributed by atoms with Gasteiger partial charge in [-0.2, -0.15) is 12.6 Å². The second-order valence-corrected chi connectivity index (χ2v) is 1.35. The fraction of sp³-hybridized carbons (Fsp3) is 0.333. The molecule has 1 radical (unpaired) electrons. The molecule has 0 aromatic carbocycles. The zero-order valence-corrected chi connectivity index (χ0v) is 4.47. The molecule has 0 unspecified atom stereocenters. The summed E-state index contributed by atoms with van der Waals surface area (Å²) >= 11 is 3.91. The van der Waals surface area contributed by atoms with Crippen LogP contribution in [0.1, 0.15) is 0 Å². The van der Waals surface area contributed by atoms with Crippen molar-refractivity contribution in [2.45, 2.75) is 0 Å². The molecule has 1 aliphatic rings. The molecule has 4 heteroatoms. The van der Waals surface area contributed by atoms with Crippen LogP contribution in [0.15, 0.2) is 10.1 Å². The van der Waals surface area contributed by atoms with E-state index in [2.05, 4.69) is 28.1 Å². The lowest BCUT2D eigenvalue weighted by molar-refractivity contribution is 1.06. The maximum atomic E-state index is 3.91. The number of aliphatic imine (C=N–C) groups is 1. The molecule has 0 aliphatic carbocycles. The van der Waals surface area contributed by atoms with Gasteiger partial charge in [0, 0.05) is 0 Å². The molecule has 0 atom stereocenters. The van der Waals surface area contributed by atoms with E-state index in [-0.39, 0.29) is 0 Å². The van der Waals surface area contributed by atoms with Gasteiger partial charge in [-0.25, -0.2) is 4.99 Å². The highest BCUT2D eigenvalue weighted by atomic mass is 32.1. The minimum absolute atomic E-state index is 0.569. The monoisotopic (exact) mass is 114 g/mol. The molecule has 0 saturated heterocycles. The van der Waals surface area contributed by atoms with E-state index in [4.69, 9.17) is 0 Å². The van der Waals surface area contributed by atoms with Gasteiger partial charge in [-0.3, -0.25) is 0 Å². The van der Waals surface area contributed by atoms with Gasteiger partial charge in [0.1, 0.15) is 6.34 Å². The van der Waals surface area contributed by atoms with Crippen LogP contribution in [-0.4, -0.2) is 17.9 Å². The molecule has 37 valence electrons. The molecule has 0 fully saturated rings. The van der Waals surface area contributed by atoms with Crippen molar-refractivity contribution in [3.8, 4) is 0 Å². The molecule has 7 heavy (non-hydrogen) atoms. The highest BCUT2D eigenvalue weighted by molar-refractivity contribution is 7.81. The second kappa shape index (κ2) is 1.97. The van der Waals surface area contributed by atoms with E-state index in [1.807, 2.05) is 0 Å². The van der Waals surface area contributed by atoms with Crippen molar-refractivity contribution >= 4 is 24.8 Å². The van der Waals surface area contributed by atoms with Gasteiger partial charge in [0.15, 0.2) is 5.84 Å². The summed E-state index contributed by atoms with van der Waals surface area (Å²) < 4.78 is 0. The Balaban J connectivity index is 2.52. The van der Waals surface area contributed by atoms with E-state index in [1.165, 1.54) is 6.34 Å². The van der Waals surface area contributed by atoms with Gasteiger partial charge >= 0.3 is 0 Å². The van der Waals surface area contributed by atoms with Crippen LogP contribution < -0.4 is 5.43 Å². The molecule has 0 aromatic rings. The van der Waals surface area contributed by atoms with Crippen molar-refractivity contribution in [2.75, 3.05) is 5.75 Å². The van der Waals surface area contributed by atoms with Crippen LogP contribution in [0, 0.1) is 0 Å². The summed E-state index contributed by atoms with van der Waals surface area (Å²) in [5, 5.41) is 3.60. The molecule has 0 saturated carbocycles. The third-order valence-electron chi connectivity index (χ3n) is 0.573. The molecule has 0 aromatic heterocycles. The van der Waals surface area contributed by atoms with E-state index in [1.54, 1.807) is 0 Å². The second-order valence-electron chi connectivity index (χ2n) is 1.03. The lowest BCUT2D eigenvalue weighted by Crippen LogP contribution is -1.89. The van der Waals surface area contributed by atoms with Gasteiger partial charge in [-0.05, 0) is 0 Å². The molecule has 1 heterocycles. The Bertz CT molecular complexity index is 117. The predicted octanol–water partition coefficient (Wildman–Crippen LogP) is -0.124. The molecule has 3 nitrogen and oxygen atoms in total. The Labute approximate surface area is 46.9 Å². The standard InChI is InChI=1S/C3H4N3S/c7-1-3-4-2-5-6-3/h2,7H,1H2. The van der Waals surface area contributed by atoms with Crippen molar-refractivity contribution in [1.29, 1.82) is 0 Å². The first-order valence-electron chi connectivity index (χ1n) is 1.83. The summed E-state index contributed by atoms with van der Waals surface area (Å²) in [7, 11) is 0. The number of rotatable bonds is 1. The molecular weight excluding hydrogens is 110 g/mol. The average molecular weight is 114 g/mol. The van der Waals surface area contributed by atoms with E-state index in [0.29, 0.717) is 11.6 Å². The summed E-state index contributed by atoms with van der Waals surface area (Å²) in [5.41, 5.74) is 3.48. The van der Waals surface area contributed by atoms with Crippen molar-refractivity contribution in [2.24, 2.45) is 10.1 Å².